The van der Waals surface area contributed by atoms with Crippen LogP contribution in [0, 0.1) is 0 Å². The molecule has 0 unspecified atom stereocenters. The van der Waals surface area contributed by atoms with Gasteiger partial charge in [0, 0.05) is 23.7 Å². The van der Waals surface area contributed by atoms with Gasteiger partial charge in [0.2, 0.25) is 6.79 Å². The van der Waals surface area contributed by atoms with E-state index >= 15 is 0 Å². The first-order valence-electron chi connectivity index (χ1n) is 9.32. The Balaban J connectivity index is 1.49. The molecule has 2 aromatic carbocycles. The lowest BCUT2D eigenvalue weighted by molar-refractivity contribution is -0.117. The van der Waals surface area contributed by atoms with Crippen LogP contribution in [0.5, 0.6) is 11.5 Å². The van der Waals surface area contributed by atoms with Gasteiger partial charge in [0.15, 0.2) is 22.5 Å². The summed E-state index contributed by atoms with van der Waals surface area (Å²) < 4.78 is 13.1. The lowest BCUT2D eigenvalue weighted by Gasteiger charge is -2.13. The number of aromatic nitrogens is 3. The maximum Gasteiger partial charge on any atom is 0.231 e. The molecule has 1 aromatic heterocycles. The molecule has 5 rings (SSSR count). The molecule has 0 radical (unpaired) electrons. The van der Waals surface area contributed by atoms with Gasteiger partial charge < -0.3 is 9.47 Å². The standard InChI is InChI=1S/C21H19N3O3S/c25-16-7-8-17(11-16)28-21-23-22-20(15-4-2-1-3-5-15)24(21)12-14-6-9-18-19(10-14)27-13-26-18/h1-6,9-10,17H,7-8,11-13H2/t17-/m0/s1. The molecule has 7 heteroatoms. The monoisotopic (exact) mass is 393 g/mol. The SMILES string of the molecule is O=C1CC[C@H](Sc2nnc(-c3ccccc3)n2Cc2ccc3c(c2)OCO3)C1. The molecular formula is C21H19N3O3S. The Morgan fingerprint density at radius 1 is 1.07 bits per heavy atom. The van der Waals surface area contributed by atoms with Crippen molar-refractivity contribution in [2.24, 2.45) is 0 Å². The first kappa shape index (κ1) is 17.3. The first-order chi connectivity index (χ1) is 13.8. The molecule has 1 aliphatic carbocycles. The molecular weight excluding hydrogens is 374 g/mol. The predicted octanol–water partition coefficient (Wildman–Crippen LogP) is 3.94. The van der Waals surface area contributed by atoms with Crippen molar-refractivity contribution in [3.8, 4) is 22.9 Å². The van der Waals surface area contributed by atoms with Crippen molar-refractivity contribution in [2.75, 3.05) is 6.79 Å². The van der Waals surface area contributed by atoms with Crippen molar-refractivity contribution in [3.05, 3.63) is 54.1 Å². The third kappa shape index (κ3) is 3.38. The second-order valence-electron chi connectivity index (χ2n) is 6.97. The lowest BCUT2D eigenvalue weighted by atomic mass is 10.2. The Morgan fingerprint density at radius 3 is 2.75 bits per heavy atom. The highest BCUT2D eigenvalue weighted by atomic mass is 32.2. The van der Waals surface area contributed by atoms with E-state index < -0.39 is 0 Å². The summed E-state index contributed by atoms with van der Waals surface area (Å²) in [6, 6.07) is 16.0. The number of hydrogen-bond acceptors (Lipinski definition) is 6. The zero-order valence-corrected chi connectivity index (χ0v) is 16.0. The van der Waals surface area contributed by atoms with Crippen molar-refractivity contribution >= 4 is 17.5 Å². The maximum atomic E-state index is 11.7. The summed E-state index contributed by atoms with van der Waals surface area (Å²) in [7, 11) is 0. The summed E-state index contributed by atoms with van der Waals surface area (Å²) in [5.74, 6) is 2.70. The highest BCUT2D eigenvalue weighted by Gasteiger charge is 2.26. The molecule has 142 valence electrons. The average molecular weight is 393 g/mol. The Bertz CT molecular complexity index is 1020. The fourth-order valence-electron chi connectivity index (χ4n) is 3.57. The molecule has 2 heterocycles. The molecule has 1 fully saturated rings. The van der Waals surface area contributed by atoms with Crippen molar-refractivity contribution < 1.29 is 14.3 Å². The summed E-state index contributed by atoms with van der Waals surface area (Å²) in [4.78, 5) is 11.7. The van der Waals surface area contributed by atoms with Crippen molar-refractivity contribution in [2.45, 2.75) is 36.2 Å². The van der Waals surface area contributed by atoms with Gasteiger partial charge in [-0.05, 0) is 24.1 Å². The van der Waals surface area contributed by atoms with E-state index in [4.69, 9.17) is 9.47 Å². The Morgan fingerprint density at radius 2 is 1.93 bits per heavy atom. The minimum atomic E-state index is 0.261. The largest absolute Gasteiger partial charge is 0.454 e. The molecule has 1 atom stereocenters. The van der Waals surface area contributed by atoms with E-state index in [-0.39, 0.29) is 12.0 Å². The number of carbonyl (C=O) groups excluding carboxylic acids is 1. The van der Waals surface area contributed by atoms with Gasteiger partial charge in [0.25, 0.3) is 0 Å². The first-order valence-corrected chi connectivity index (χ1v) is 10.2. The third-order valence-corrected chi connectivity index (χ3v) is 6.25. The van der Waals surface area contributed by atoms with Crippen LogP contribution in [0.25, 0.3) is 11.4 Å². The second kappa shape index (κ2) is 7.31. The fraction of sp³-hybridized carbons (Fsp3) is 0.286. The van der Waals surface area contributed by atoms with E-state index in [9.17, 15) is 4.79 Å². The van der Waals surface area contributed by atoms with Gasteiger partial charge in [-0.2, -0.15) is 0 Å². The highest BCUT2D eigenvalue weighted by molar-refractivity contribution is 7.99. The van der Waals surface area contributed by atoms with E-state index in [1.54, 1.807) is 11.8 Å². The van der Waals surface area contributed by atoms with E-state index in [2.05, 4.69) is 14.8 Å². The normalized spacial score (nSPS) is 18.0. The molecule has 28 heavy (non-hydrogen) atoms. The molecule has 1 saturated carbocycles. The summed E-state index contributed by atoms with van der Waals surface area (Å²) >= 11 is 1.65. The molecule has 2 aliphatic rings. The number of ketones is 1. The summed E-state index contributed by atoms with van der Waals surface area (Å²) in [6.07, 6.45) is 2.18. The maximum absolute atomic E-state index is 11.7. The fourth-order valence-corrected chi connectivity index (χ4v) is 4.74. The molecule has 0 N–H and O–H groups in total. The van der Waals surface area contributed by atoms with Gasteiger partial charge in [0.1, 0.15) is 5.78 Å². The average Bonchev–Trinajstić information content (AvgIpc) is 3.44. The second-order valence-corrected chi connectivity index (χ2v) is 8.23. The molecule has 0 bridgehead atoms. The van der Waals surface area contributed by atoms with Gasteiger partial charge in [-0.3, -0.25) is 9.36 Å². The van der Waals surface area contributed by atoms with Crippen LogP contribution in [0.15, 0.2) is 53.7 Å². The van der Waals surface area contributed by atoms with Crippen LogP contribution < -0.4 is 9.47 Å². The molecule has 0 spiro atoms. The Hall–Kier alpha value is -2.80. The van der Waals surface area contributed by atoms with Crippen LogP contribution in [0.3, 0.4) is 0 Å². The molecule has 1 aliphatic heterocycles. The highest BCUT2D eigenvalue weighted by Crippen LogP contribution is 2.36. The lowest BCUT2D eigenvalue weighted by Crippen LogP contribution is -2.06. The predicted molar refractivity (Wildman–Crippen MR) is 106 cm³/mol. The summed E-state index contributed by atoms with van der Waals surface area (Å²) in [6.45, 7) is 0.883. The molecule has 3 aromatic rings. The quantitative estimate of drug-likeness (QED) is 0.654. The molecule has 0 amide bonds. The van der Waals surface area contributed by atoms with Crippen LogP contribution >= 0.6 is 11.8 Å². The van der Waals surface area contributed by atoms with Crippen molar-refractivity contribution in [1.82, 2.24) is 14.8 Å². The van der Waals surface area contributed by atoms with Gasteiger partial charge in [-0.25, -0.2) is 0 Å². The van der Waals surface area contributed by atoms with Crippen LogP contribution in [0.4, 0.5) is 0 Å². The van der Waals surface area contributed by atoms with Crippen molar-refractivity contribution in [1.29, 1.82) is 0 Å². The van der Waals surface area contributed by atoms with Gasteiger partial charge in [-0.15, -0.1) is 10.2 Å². The number of Topliss-reactive ketones (excluding diaryl/α,β-unsaturated/α-hetero) is 1. The van der Waals surface area contributed by atoms with Crippen LogP contribution in [-0.2, 0) is 11.3 Å². The molecule has 0 saturated heterocycles. The zero-order valence-electron chi connectivity index (χ0n) is 15.2. The smallest absolute Gasteiger partial charge is 0.231 e. The van der Waals surface area contributed by atoms with E-state index in [1.165, 1.54) is 0 Å². The number of ether oxygens (including phenoxy) is 2. The minimum absolute atomic E-state index is 0.261. The number of carbonyl (C=O) groups is 1. The van der Waals surface area contributed by atoms with Gasteiger partial charge in [0.05, 0.1) is 6.54 Å². The van der Waals surface area contributed by atoms with E-state index in [0.29, 0.717) is 25.2 Å². The van der Waals surface area contributed by atoms with E-state index in [1.807, 2.05) is 48.5 Å². The number of rotatable bonds is 5. The Kier molecular flexibility index (Phi) is 4.52. The van der Waals surface area contributed by atoms with Crippen LogP contribution in [0.2, 0.25) is 0 Å². The number of fused-ring (bicyclic) bond motifs is 1. The van der Waals surface area contributed by atoms with Crippen molar-refractivity contribution in [3.63, 3.8) is 0 Å². The van der Waals surface area contributed by atoms with Gasteiger partial charge >= 0.3 is 0 Å². The molecule has 6 nitrogen and oxygen atoms in total. The number of thioether (sulfide) groups is 1. The Labute approximate surface area is 166 Å². The number of benzene rings is 2. The summed E-state index contributed by atoms with van der Waals surface area (Å²) in [5.41, 5.74) is 2.11. The number of nitrogens with zero attached hydrogens (tertiary/aromatic N) is 3. The van der Waals surface area contributed by atoms with Gasteiger partial charge in [-0.1, -0.05) is 48.2 Å². The zero-order chi connectivity index (χ0) is 18.9. The van der Waals surface area contributed by atoms with Crippen LogP contribution in [-0.4, -0.2) is 32.6 Å². The third-order valence-electron chi connectivity index (χ3n) is 5.00. The summed E-state index contributed by atoms with van der Waals surface area (Å²) in [5, 5.41) is 10.0. The number of hydrogen-bond donors (Lipinski definition) is 0. The topological polar surface area (TPSA) is 66.2 Å². The van der Waals surface area contributed by atoms with Crippen LogP contribution in [0.1, 0.15) is 24.8 Å². The van der Waals surface area contributed by atoms with E-state index in [0.717, 1.165) is 40.0 Å². The minimum Gasteiger partial charge on any atom is -0.454 e.